The minimum atomic E-state index is -0.393. The molecular weight excluding hydrogens is 437 g/mol. The summed E-state index contributed by atoms with van der Waals surface area (Å²) in [4.78, 5) is 19.7. The van der Waals surface area contributed by atoms with Crippen LogP contribution in [0.4, 0.5) is 5.82 Å². The zero-order valence-electron chi connectivity index (χ0n) is 17.6. The number of pyridine rings is 1. The van der Waals surface area contributed by atoms with E-state index >= 15 is 0 Å². The molecule has 0 bridgehead atoms. The van der Waals surface area contributed by atoms with Crippen molar-refractivity contribution in [2.75, 3.05) is 31.6 Å². The van der Waals surface area contributed by atoms with Crippen LogP contribution in [-0.4, -0.2) is 47.6 Å². The third-order valence-corrected chi connectivity index (χ3v) is 6.81. The molecule has 1 amide bonds. The molecule has 168 valence electrons. The van der Waals surface area contributed by atoms with Gasteiger partial charge in [0.2, 0.25) is 0 Å². The van der Waals surface area contributed by atoms with Crippen molar-refractivity contribution in [3.63, 3.8) is 0 Å². The topological polar surface area (TPSA) is 98.9 Å². The van der Waals surface area contributed by atoms with Crippen LogP contribution in [0.5, 0.6) is 0 Å². The Hall–Kier alpha value is -2.06. The smallest absolute Gasteiger partial charge is 0.252 e. The molecule has 0 unspecified atom stereocenters. The summed E-state index contributed by atoms with van der Waals surface area (Å²) in [5.74, 6) is 0.767. The van der Waals surface area contributed by atoms with Crippen LogP contribution in [0.2, 0.25) is 0 Å². The second-order valence-electron chi connectivity index (χ2n) is 8.21. The molecule has 3 heterocycles. The Morgan fingerprint density at radius 1 is 1.16 bits per heavy atom. The van der Waals surface area contributed by atoms with Gasteiger partial charge in [-0.2, -0.15) is 0 Å². The van der Waals surface area contributed by atoms with E-state index in [0.717, 1.165) is 67.6 Å². The molecule has 5 rings (SSSR count). The van der Waals surface area contributed by atoms with Crippen LogP contribution >= 0.6 is 24.8 Å². The molecule has 1 aliphatic carbocycles. The number of hydrogen-bond acceptors (Lipinski definition) is 5. The number of halogens is 2. The van der Waals surface area contributed by atoms with Crippen LogP contribution < -0.4 is 16.4 Å². The second kappa shape index (κ2) is 8.82. The van der Waals surface area contributed by atoms with Gasteiger partial charge in [0.25, 0.3) is 5.91 Å². The van der Waals surface area contributed by atoms with Gasteiger partial charge in [-0.25, -0.2) is 4.98 Å². The van der Waals surface area contributed by atoms with Gasteiger partial charge in [0.15, 0.2) is 5.65 Å². The molecule has 2 aromatic heterocycles. The van der Waals surface area contributed by atoms with Crippen LogP contribution in [0.15, 0.2) is 24.3 Å². The molecule has 3 aromatic rings. The number of imidazole rings is 1. The van der Waals surface area contributed by atoms with Gasteiger partial charge in [-0.1, -0.05) is 12.1 Å². The lowest BCUT2D eigenvalue weighted by atomic mass is 9.90. The number of primary amides is 1. The number of piperidine rings is 1. The third kappa shape index (κ3) is 3.53. The average Bonchev–Trinajstić information content (AvgIpc) is 3.36. The quantitative estimate of drug-likeness (QED) is 0.616. The van der Waals surface area contributed by atoms with Gasteiger partial charge in [0.1, 0.15) is 5.82 Å². The summed E-state index contributed by atoms with van der Waals surface area (Å²) in [6.45, 7) is 2.24. The van der Waals surface area contributed by atoms with Gasteiger partial charge in [-0.15, -0.1) is 24.8 Å². The maximum Gasteiger partial charge on any atom is 0.252 e. The summed E-state index contributed by atoms with van der Waals surface area (Å²) in [5, 5.41) is 0. The van der Waals surface area contributed by atoms with E-state index < -0.39 is 5.91 Å². The number of aromatic nitrogens is 2. The van der Waals surface area contributed by atoms with E-state index in [4.69, 9.17) is 21.2 Å². The van der Waals surface area contributed by atoms with Gasteiger partial charge < -0.3 is 21.1 Å². The zero-order chi connectivity index (χ0) is 20.2. The van der Waals surface area contributed by atoms with E-state index in [1.165, 1.54) is 5.56 Å². The van der Waals surface area contributed by atoms with Gasteiger partial charge in [0.05, 0.1) is 22.2 Å². The number of fused-ring (bicyclic) bond motifs is 4. The standard InChI is InChI=1S/C22H27N5O2.2ClH/c1-29-22(13-23)9-11-26(12-10-22)21-15-6-4-5-14(15)18(19(24)28)20-25-16-7-2-3-8-17(16)27(20)21;;/h2-3,7-8H,4-6,9-13,23H2,1H3,(H2,24,28);2*1H. The van der Waals surface area contributed by atoms with Gasteiger partial charge in [-0.3, -0.25) is 9.20 Å². The van der Waals surface area contributed by atoms with Crippen molar-refractivity contribution in [3.05, 3.63) is 41.0 Å². The summed E-state index contributed by atoms with van der Waals surface area (Å²) in [6.07, 6.45) is 4.61. The molecule has 9 heteroatoms. The Balaban J connectivity index is 0.00000136. The predicted molar refractivity (Wildman–Crippen MR) is 128 cm³/mol. The SMILES string of the molecule is COC1(CN)CCN(c2c3c(c(C(N)=O)c4nc5ccccc5n24)CCC3)CC1.Cl.Cl. The van der Waals surface area contributed by atoms with Crippen LogP contribution in [0, 0.1) is 0 Å². The lowest BCUT2D eigenvalue weighted by Crippen LogP contribution is -2.50. The fourth-order valence-electron chi connectivity index (χ4n) is 5.15. The third-order valence-electron chi connectivity index (χ3n) is 6.81. The number of amides is 1. The summed E-state index contributed by atoms with van der Waals surface area (Å²) in [5.41, 5.74) is 17.1. The van der Waals surface area contributed by atoms with Crippen molar-refractivity contribution in [2.45, 2.75) is 37.7 Å². The Labute approximate surface area is 193 Å². The monoisotopic (exact) mass is 465 g/mol. The van der Waals surface area contributed by atoms with Crippen LogP contribution in [0.1, 0.15) is 40.7 Å². The summed E-state index contributed by atoms with van der Waals surface area (Å²) < 4.78 is 7.92. The first-order valence-corrected chi connectivity index (χ1v) is 10.3. The van der Waals surface area contributed by atoms with E-state index in [2.05, 4.69) is 15.4 Å². The minimum absolute atomic E-state index is 0. The van der Waals surface area contributed by atoms with Crippen LogP contribution in [0.3, 0.4) is 0 Å². The number of anilines is 1. The Morgan fingerprint density at radius 2 is 1.84 bits per heavy atom. The number of hydrogen-bond donors (Lipinski definition) is 2. The molecule has 4 N–H and O–H groups in total. The van der Waals surface area contributed by atoms with Crippen molar-refractivity contribution in [1.29, 1.82) is 0 Å². The lowest BCUT2D eigenvalue weighted by Gasteiger charge is -2.41. The maximum absolute atomic E-state index is 12.4. The largest absolute Gasteiger partial charge is 0.377 e. The summed E-state index contributed by atoms with van der Waals surface area (Å²) in [7, 11) is 1.75. The molecule has 0 spiro atoms. The van der Waals surface area contributed by atoms with E-state index in [1.54, 1.807) is 7.11 Å². The molecule has 2 aliphatic rings. The minimum Gasteiger partial charge on any atom is -0.377 e. The number of methoxy groups -OCH3 is 1. The molecule has 1 saturated heterocycles. The molecule has 0 radical (unpaired) electrons. The number of ether oxygens (including phenoxy) is 1. The molecule has 1 aliphatic heterocycles. The lowest BCUT2D eigenvalue weighted by molar-refractivity contribution is -0.0216. The van der Waals surface area contributed by atoms with Gasteiger partial charge in [0, 0.05) is 26.7 Å². The molecule has 1 aromatic carbocycles. The Morgan fingerprint density at radius 3 is 2.48 bits per heavy atom. The number of nitrogens with zero attached hydrogens (tertiary/aromatic N) is 3. The molecule has 0 atom stereocenters. The van der Waals surface area contributed by atoms with Gasteiger partial charge in [-0.05, 0) is 55.4 Å². The maximum atomic E-state index is 12.4. The highest BCUT2D eigenvalue weighted by molar-refractivity contribution is 6.03. The first-order chi connectivity index (χ1) is 14.1. The van der Waals surface area contributed by atoms with Crippen molar-refractivity contribution in [2.24, 2.45) is 11.5 Å². The highest BCUT2D eigenvalue weighted by atomic mass is 35.5. The number of carbonyl (C=O) groups is 1. The predicted octanol–water partition coefficient (Wildman–Crippen LogP) is 2.86. The number of rotatable bonds is 4. The highest BCUT2D eigenvalue weighted by Crippen LogP contribution is 2.40. The molecule has 1 fully saturated rings. The normalized spacial score (nSPS) is 17.3. The summed E-state index contributed by atoms with van der Waals surface area (Å²) in [6, 6.07) is 8.04. The number of benzene rings is 1. The van der Waals surface area contributed by atoms with Crippen molar-refractivity contribution in [1.82, 2.24) is 9.38 Å². The van der Waals surface area contributed by atoms with E-state index in [0.29, 0.717) is 17.8 Å². The summed E-state index contributed by atoms with van der Waals surface area (Å²) >= 11 is 0. The molecular formula is C22H29Cl2N5O2. The highest BCUT2D eigenvalue weighted by Gasteiger charge is 2.36. The van der Waals surface area contributed by atoms with Crippen molar-refractivity contribution >= 4 is 53.2 Å². The van der Waals surface area contributed by atoms with Crippen LogP contribution in [-0.2, 0) is 17.6 Å². The van der Waals surface area contributed by atoms with Crippen molar-refractivity contribution < 1.29 is 9.53 Å². The van der Waals surface area contributed by atoms with Crippen LogP contribution in [0.25, 0.3) is 16.7 Å². The molecule has 0 saturated carbocycles. The first-order valence-electron chi connectivity index (χ1n) is 10.3. The fourth-order valence-corrected chi connectivity index (χ4v) is 5.15. The average molecular weight is 466 g/mol. The first kappa shape index (κ1) is 23.6. The number of nitrogens with two attached hydrogens (primary N) is 2. The second-order valence-corrected chi connectivity index (χ2v) is 8.21. The molecule has 7 nitrogen and oxygen atoms in total. The van der Waals surface area contributed by atoms with Gasteiger partial charge >= 0.3 is 0 Å². The fraction of sp³-hybridized carbons (Fsp3) is 0.455. The van der Waals surface area contributed by atoms with Crippen molar-refractivity contribution in [3.8, 4) is 0 Å². The Bertz CT molecular complexity index is 1120. The van der Waals surface area contributed by atoms with E-state index in [-0.39, 0.29) is 30.4 Å². The molecule has 31 heavy (non-hydrogen) atoms. The zero-order valence-corrected chi connectivity index (χ0v) is 19.2. The van der Waals surface area contributed by atoms with E-state index in [1.807, 2.05) is 18.2 Å². The number of para-hydroxylation sites is 2. The van der Waals surface area contributed by atoms with E-state index in [9.17, 15) is 4.79 Å². The number of carbonyl (C=O) groups excluding carboxylic acids is 1. The Kier molecular flexibility index (Phi) is 6.72.